The van der Waals surface area contributed by atoms with Crippen LogP contribution in [0, 0.1) is 0 Å². The van der Waals surface area contributed by atoms with Gasteiger partial charge < -0.3 is 20.9 Å². The molecule has 0 saturated heterocycles. The van der Waals surface area contributed by atoms with Crippen LogP contribution in [0.1, 0.15) is 0 Å². The number of benzene rings is 2. The molecule has 3 aromatic rings. The molecule has 0 unspecified atom stereocenters. The van der Waals surface area contributed by atoms with Gasteiger partial charge in [0.15, 0.2) is 0 Å². The number of nitrogens with two attached hydrogens (primary N) is 2. The molecule has 2 aromatic carbocycles. The molecule has 0 bridgehead atoms. The maximum absolute atomic E-state index is 12.8. The maximum atomic E-state index is 12.8. The molecular weight excluding hydrogens is 344 g/mol. The molecule has 1 aromatic heterocycles. The molecule has 3 rings (SSSR count). The number of hydrogen-bond acceptors (Lipinski definition) is 3. The third kappa shape index (κ3) is 4.14. The summed E-state index contributed by atoms with van der Waals surface area (Å²) in [5.41, 5.74) is 13.1. The van der Waals surface area contributed by atoms with Crippen LogP contribution in [0.5, 0.6) is 0 Å². The molecule has 4 N–H and O–H groups in total. The van der Waals surface area contributed by atoms with E-state index in [4.69, 9.17) is 11.5 Å². The van der Waals surface area contributed by atoms with Gasteiger partial charge in [0.25, 0.3) is 0 Å². The number of para-hydroxylation sites is 1. The standard InChI is InChI=1S/C20H20N4O3/c21-18(25)11-23(12-19(22)26)20(27)13-24-16-9-5-4-8-15(16)10-17(24)14-6-2-1-3-7-14/h1-10H,11-13H2,(H2,21,25)(H2,22,26). The van der Waals surface area contributed by atoms with E-state index in [0.29, 0.717) is 0 Å². The fraction of sp³-hybridized carbons (Fsp3) is 0.150. The molecule has 0 aliphatic rings. The predicted molar refractivity (Wildman–Crippen MR) is 102 cm³/mol. The zero-order valence-corrected chi connectivity index (χ0v) is 14.7. The van der Waals surface area contributed by atoms with Gasteiger partial charge in [-0.05, 0) is 17.7 Å². The molecule has 0 aliphatic carbocycles. The fourth-order valence-corrected chi connectivity index (χ4v) is 3.07. The maximum Gasteiger partial charge on any atom is 0.243 e. The largest absolute Gasteiger partial charge is 0.368 e. The van der Waals surface area contributed by atoms with Crippen LogP contribution < -0.4 is 11.5 Å². The van der Waals surface area contributed by atoms with Crippen molar-refractivity contribution in [3.05, 3.63) is 60.7 Å². The molecule has 0 saturated carbocycles. The molecule has 7 heteroatoms. The van der Waals surface area contributed by atoms with Crippen molar-refractivity contribution in [1.29, 1.82) is 0 Å². The van der Waals surface area contributed by atoms with Gasteiger partial charge in [0.2, 0.25) is 17.7 Å². The zero-order valence-electron chi connectivity index (χ0n) is 14.7. The summed E-state index contributed by atoms with van der Waals surface area (Å²) in [6, 6.07) is 19.4. The Hall–Kier alpha value is -3.61. The van der Waals surface area contributed by atoms with Crippen LogP contribution in [0.3, 0.4) is 0 Å². The van der Waals surface area contributed by atoms with E-state index in [0.717, 1.165) is 27.1 Å². The first-order valence-electron chi connectivity index (χ1n) is 8.44. The van der Waals surface area contributed by atoms with Crippen LogP contribution >= 0.6 is 0 Å². The minimum absolute atomic E-state index is 0.0434. The number of carbonyl (C=O) groups is 3. The lowest BCUT2D eigenvalue weighted by molar-refractivity contribution is -0.138. The first-order valence-corrected chi connectivity index (χ1v) is 8.44. The summed E-state index contributed by atoms with van der Waals surface area (Å²) in [4.78, 5) is 36.4. The topological polar surface area (TPSA) is 111 Å². The van der Waals surface area contributed by atoms with Gasteiger partial charge in [-0.1, -0.05) is 48.5 Å². The third-order valence-corrected chi connectivity index (χ3v) is 4.22. The van der Waals surface area contributed by atoms with Gasteiger partial charge >= 0.3 is 0 Å². The second-order valence-electron chi connectivity index (χ2n) is 6.22. The Morgan fingerprint density at radius 2 is 1.44 bits per heavy atom. The highest BCUT2D eigenvalue weighted by Crippen LogP contribution is 2.28. The summed E-state index contributed by atoms with van der Waals surface area (Å²) >= 11 is 0. The van der Waals surface area contributed by atoms with Gasteiger partial charge in [-0.2, -0.15) is 0 Å². The van der Waals surface area contributed by atoms with E-state index < -0.39 is 17.7 Å². The van der Waals surface area contributed by atoms with E-state index in [2.05, 4.69) is 0 Å². The second-order valence-corrected chi connectivity index (χ2v) is 6.22. The van der Waals surface area contributed by atoms with E-state index in [1.54, 1.807) is 0 Å². The van der Waals surface area contributed by atoms with Crippen LogP contribution in [0.25, 0.3) is 22.2 Å². The Morgan fingerprint density at radius 1 is 0.852 bits per heavy atom. The van der Waals surface area contributed by atoms with Crippen LogP contribution in [-0.4, -0.2) is 40.3 Å². The highest BCUT2D eigenvalue weighted by atomic mass is 16.2. The Labute approximate surface area is 156 Å². The van der Waals surface area contributed by atoms with Crippen molar-refractivity contribution in [1.82, 2.24) is 9.47 Å². The molecule has 0 radical (unpaired) electrons. The van der Waals surface area contributed by atoms with Crippen LogP contribution in [0.4, 0.5) is 0 Å². The first kappa shape index (κ1) is 18.2. The van der Waals surface area contributed by atoms with E-state index >= 15 is 0 Å². The number of primary amides is 2. The number of rotatable bonds is 7. The molecule has 3 amide bonds. The van der Waals surface area contributed by atoms with Crippen molar-refractivity contribution >= 4 is 28.6 Å². The molecular formula is C20H20N4O3. The number of hydrogen-bond donors (Lipinski definition) is 2. The van der Waals surface area contributed by atoms with Gasteiger partial charge in [-0.3, -0.25) is 14.4 Å². The lowest BCUT2D eigenvalue weighted by Gasteiger charge is -2.21. The number of fused-ring (bicyclic) bond motifs is 1. The van der Waals surface area contributed by atoms with Gasteiger partial charge in [0, 0.05) is 16.6 Å². The molecule has 0 fully saturated rings. The van der Waals surface area contributed by atoms with E-state index in [-0.39, 0.29) is 19.6 Å². The van der Waals surface area contributed by atoms with Crippen molar-refractivity contribution in [2.24, 2.45) is 11.5 Å². The quantitative estimate of drug-likeness (QED) is 0.655. The van der Waals surface area contributed by atoms with Crippen molar-refractivity contribution < 1.29 is 14.4 Å². The Kier molecular flexibility index (Phi) is 5.21. The molecule has 0 spiro atoms. The highest BCUT2D eigenvalue weighted by molar-refractivity contribution is 5.91. The number of nitrogens with zero attached hydrogens (tertiary/aromatic N) is 2. The Morgan fingerprint density at radius 3 is 2.07 bits per heavy atom. The SMILES string of the molecule is NC(=O)CN(CC(N)=O)C(=O)Cn1c(-c2ccccc2)cc2ccccc21. The summed E-state index contributed by atoms with van der Waals surface area (Å²) < 4.78 is 1.86. The molecule has 0 atom stereocenters. The third-order valence-electron chi connectivity index (χ3n) is 4.22. The summed E-state index contributed by atoms with van der Waals surface area (Å²) in [7, 11) is 0. The van der Waals surface area contributed by atoms with Crippen LogP contribution in [-0.2, 0) is 20.9 Å². The Balaban J connectivity index is 2.01. The highest BCUT2D eigenvalue weighted by Gasteiger charge is 2.20. The normalized spacial score (nSPS) is 10.7. The zero-order chi connectivity index (χ0) is 19.4. The molecule has 7 nitrogen and oxygen atoms in total. The van der Waals surface area contributed by atoms with Crippen molar-refractivity contribution in [2.75, 3.05) is 13.1 Å². The van der Waals surface area contributed by atoms with E-state index in [9.17, 15) is 14.4 Å². The Bertz CT molecular complexity index is 979. The van der Waals surface area contributed by atoms with Crippen LogP contribution in [0.2, 0.25) is 0 Å². The predicted octanol–water partition coefficient (Wildman–Crippen LogP) is 1.11. The summed E-state index contributed by atoms with van der Waals surface area (Å²) in [5.74, 6) is -1.82. The van der Waals surface area contributed by atoms with E-state index in [1.807, 2.05) is 65.2 Å². The molecule has 138 valence electrons. The lowest BCUT2D eigenvalue weighted by atomic mass is 10.1. The fourth-order valence-electron chi connectivity index (χ4n) is 3.07. The second kappa shape index (κ2) is 7.74. The monoisotopic (exact) mass is 364 g/mol. The summed E-state index contributed by atoms with van der Waals surface area (Å²) in [6.45, 7) is -0.762. The van der Waals surface area contributed by atoms with Crippen molar-refractivity contribution in [2.45, 2.75) is 6.54 Å². The average molecular weight is 364 g/mol. The number of amides is 3. The minimum atomic E-state index is -0.703. The number of aromatic nitrogens is 1. The average Bonchev–Trinajstić information content (AvgIpc) is 3.00. The van der Waals surface area contributed by atoms with Crippen molar-refractivity contribution in [3.8, 4) is 11.3 Å². The van der Waals surface area contributed by atoms with Gasteiger partial charge in [-0.25, -0.2) is 0 Å². The van der Waals surface area contributed by atoms with Crippen molar-refractivity contribution in [3.63, 3.8) is 0 Å². The summed E-state index contributed by atoms with van der Waals surface area (Å²) in [6.07, 6.45) is 0. The molecule has 1 heterocycles. The number of carbonyl (C=O) groups excluding carboxylic acids is 3. The summed E-state index contributed by atoms with van der Waals surface area (Å²) in [5, 5.41) is 0.987. The first-order chi connectivity index (χ1) is 13.0. The van der Waals surface area contributed by atoms with Gasteiger partial charge in [0.05, 0.1) is 13.1 Å². The van der Waals surface area contributed by atoms with E-state index in [1.165, 1.54) is 0 Å². The molecule has 0 aliphatic heterocycles. The van der Waals surface area contributed by atoms with Crippen LogP contribution in [0.15, 0.2) is 60.7 Å². The lowest BCUT2D eigenvalue weighted by Crippen LogP contribution is -2.44. The smallest absolute Gasteiger partial charge is 0.243 e. The van der Waals surface area contributed by atoms with Gasteiger partial charge in [0.1, 0.15) is 6.54 Å². The van der Waals surface area contributed by atoms with Gasteiger partial charge in [-0.15, -0.1) is 0 Å². The molecule has 27 heavy (non-hydrogen) atoms. The minimum Gasteiger partial charge on any atom is -0.368 e.